The third-order valence-electron chi connectivity index (χ3n) is 1.77. The van der Waals surface area contributed by atoms with E-state index >= 15 is 0 Å². The number of rotatable bonds is 4. The molecule has 0 aromatic heterocycles. The molecule has 62 valence electrons. The van der Waals surface area contributed by atoms with Gasteiger partial charge in [0.25, 0.3) is 0 Å². The molecule has 10 heavy (non-hydrogen) atoms. The van der Waals surface area contributed by atoms with Crippen molar-refractivity contribution in [3.8, 4) is 0 Å². The molecule has 0 saturated heterocycles. The summed E-state index contributed by atoms with van der Waals surface area (Å²) < 4.78 is 0. The van der Waals surface area contributed by atoms with Gasteiger partial charge in [0.1, 0.15) is 0 Å². The lowest BCUT2D eigenvalue weighted by molar-refractivity contribution is 0.224. The highest BCUT2D eigenvalue weighted by atomic mass is 32.1. The lowest BCUT2D eigenvalue weighted by Gasteiger charge is -2.21. The van der Waals surface area contributed by atoms with E-state index in [-0.39, 0.29) is 0 Å². The molecule has 3 heteroatoms. The van der Waals surface area contributed by atoms with Gasteiger partial charge in [-0.05, 0) is 13.0 Å². The molecule has 0 aliphatic rings. The van der Waals surface area contributed by atoms with Crippen LogP contribution in [0.25, 0.3) is 0 Å². The summed E-state index contributed by atoms with van der Waals surface area (Å²) in [6, 6.07) is 0. The van der Waals surface area contributed by atoms with E-state index in [0.717, 1.165) is 6.54 Å². The lowest BCUT2D eigenvalue weighted by Crippen LogP contribution is -2.36. The average Bonchev–Trinajstić information content (AvgIpc) is 1.87. The molecule has 0 fully saturated rings. The maximum absolute atomic E-state index is 4.35. The molecule has 2 nitrogen and oxygen atoms in total. The highest BCUT2D eigenvalue weighted by molar-refractivity contribution is 7.80. The minimum atomic E-state index is 0.468. The Labute approximate surface area is 69.4 Å². The van der Waals surface area contributed by atoms with Crippen molar-refractivity contribution < 1.29 is 0 Å². The molecule has 2 atom stereocenters. The number of hydrogen-bond acceptors (Lipinski definition) is 3. The summed E-state index contributed by atoms with van der Waals surface area (Å²) >= 11 is 4.35. The van der Waals surface area contributed by atoms with Crippen molar-refractivity contribution in [2.75, 3.05) is 20.6 Å². The van der Waals surface area contributed by atoms with Crippen LogP contribution in [0, 0.1) is 5.92 Å². The second-order valence-electron chi connectivity index (χ2n) is 2.82. The van der Waals surface area contributed by atoms with Crippen molar-refractivity contribution in [3.63, 3.8) is 0 Å². The van der Waals surface area contributed by atoms with Gasteiger partial charge in [-0.3, -0.25) is 5.43 Å². The number of thiol groups is 1. The van der Waals surface area contributed by atoms with Crippen LogP contribution in [-0.2, 0) is 0 Å². The Kier molecular flexibility index (Phi) is 5.13. The molecule has 0 aliphatic heterocycles. The fraction of sp³-hybridized carbons (Fsp3) is 1.00. The zero-order valence-corrected chi connectivity index (χ0v) is 8.15. The Hall–Kier alpha value is 0.270. The van der Waals surface area contributed by atoms with Crippen molar-refractivity contribution >= 4 is 12.6 Å². The third kappa shape index (κ3) is 4.14. The molecule has 0 aliphatic carbocycles. The first-order valence-corrected chi connectivity index (χ1v) is 4.16. The van der Waals surface area contributed by atoms with Crippen LogP contribution in [0.2, 0.25) is 0 Å². The molecule has 2 unspecified atom stereocenters. The standard InChI is InChI=1S/C7H18N2S/c1-6(7(2)10)5-9(4)8-3/h6-8,10H,5H2,1-4H3. The first kappa shape index (κ1) is 10.3. The van der Waals surface area contributed by atoms with Crippen LogP contribution in [0.5, 0.6) is 0 Å². The van der Waals surface area contributed by atoms with Crippen LogP contribution in [0.15, 0.2) is 0 Å². The first-order chi connectivity index (χ1) is 4.57. The van der Waals surface area contributed by atoms with Gasteiger partial charge in [0.15, 0.2) is 0 Å². The van der Waals surface area contributed by atoms with Crippen LogP contribution in [0.4, 0.5) is 0 Å². The second kappa shape index (κ2) is 4.99. The molecule has 0 heterocycles. The van der Waals surface area contributed by atoms with E-state index in [2.05, 4.69) is 36.9 Å². The molecule has 0 rings (SSSR count). The SMILES string of the molecule is CNN(C)CC(C)C(C)S. The van der Waals surface area contributed by atoms with E-state index < -0.39 is 0 Å². The fourth-order valence-corrected chi connectivity index (χ4v) is 0.770. The molecule has 0 spiro atoms. The minimum Gasteiger partial charge on any atom is -0.259 e. The molecule has 0 aromatic rings. The van der Waals surface area contributed by atoms with Gasteiger partial charge in [0.05, 0.1) is 0 Å². The van der Waals surface area contributed by atoms with E-state index in [1.165, 1.54) is 0 Å². The van der Waals surface area contributed by atoms with E-state index in [4.69, 9.17) is 0 Å². The minimum absolute atomic E-state index is 0.468. The predicted molar refractivity (Wildman–Crippen MR) is 49.3 cm³/mol. The first-order valence-electron chi connectivity index (χ1n) is 3.64. The Morgan fingerprint density at radius 3 is 2.30 bits per heavy atom. The van der Waals surface area contributed by atoms with E-state index in [9.17, 15) is 0 Å². The van der Waals surface area contributed by atoms with Crippen LogP contribution in [0.3, 0.4) is 0 Å². The fourth-order valence-electron chi connectivity index (χ4n) is 0.676. The highest BCUT2D eigenvalue weighted by Gasteiger charge is 2.08. The van der Waals surface area contributed by atoms with Crippen LogP contribution < -0.4 is 5.43 Å². The zero-order valence-electron chi connectivity index (χ0n) is 7.26. The smallest absolute Gasteiger partial charge is 0.0163 e. The topological polar surface area (TPSA) is 15.3 Å². The number of hydrazine groups is 1. The van der Waals surface area contributed by atoms with E-state index in [1.54, 1.807) is 0 Å². The van der Waals surface area contributed by atoms with Crippen LogP contribution in [-0.4, -0.2) is 30.9 Å². The maximum Gasteiger partial charge on any atom is 0.0163 e. The van der Waals surface area contributed by atoms with Crippen LogP contribution >= 0.6 is 12.6 Å². The second-order valence-corrected chi connectivity index (χ2v) is 3.64. The highest BCUT2D eigenvalue weighted by Crippen LogP contribution is 2.08. The molecule has 0 bridgehead atoms. The number of nitrogens with zero attached hydrogens (tertiary/aromatic N) is 1. The summed E-state index contributed by atoms with van der Waals surface area (Å²) in [7, 11) is 3.96. The summed E-state index contributed by atoms with van der Waals surface area (Å²) in [6.45, 7) is 5.37. The molecular weight excluding hydrogens is 144 g/mol. The van der Waals surface area contributed by atoms with Gasteiger partial charge >= 0.3 is 0 Å². The van der Waals surface area contributed by atoms with E-state index in [0.29, 0.717) is 11.2 Å². The van der Waals surface area contributed by atoms with E-state index in [1.807, 2.05) is 14.1 Å². The average molecular weight is 162 g/mol. The number of hydrogen-bond donors (Lipinski definition) is 2. The molecule has 0 radical (unpaired) electrons. The lowest BCUT2D eigenvalue weighted by atomic mass is 10.1. The summed E-state index contributed by atoms with van der Waals surface area (Å²) in [5.74, 6) is 0.626. The molecule has 0 saturated carbocycles. The summed E-state index contributed by atoms with van der Waals surface area (Å²) in [5.41, 5.74) is 3.05. The molecule has 0 aromatic carbocycles. The Morgan fingerprint density at radius 2 is 2.00 bits per heavy atom. The van der Waals surface area contributed by atoms with Gasteiger partial charge < -0.3 is 0 Å². The summed E-state index contributed by atoms with van der Waals surface area (Å²) in [4.78, 5) is 0. The zero-order chi connectivity index (χ0) is 8.15. The molecular formula is C7H18N2S. The Morgan fingerprint density at radius 1 is 1.50 bits per heavy atom. The maximum atomic E-state index is 4.35. The van der Waals surface area contributed by atoms with Crippen molar-refractivity contribution in [1.82, 2.24) is 10.4 Å². The van der Waals surface area contributed by atoms with Gasteiger partial charge in [-0.25, -0.2) is 5.01 Å². The van der Waals surface area contributed by atoms with Gasteiger partial charge in [-0.1, -0.05) is 13.8 Å². The quantitative estimate of drug-likeness (QED) is 0.474. The van der Waals surface area contributed by atoms with Gasteiger partial charge in [0.2, 0.25) is 0 Å². The summed E-state index contributed by atoms with van der Waals surface area (Å²) in [5, 5.41) is 2.54. The van der Waals surface area contributed by atoms with Crippen molar-refractivity contribution in [2.24, 2.45) is 5.92 Å². The van der Waals surface area contributed by atoms with Crippen LogP contribution in [0.1, 0.15) is 13.8 Å². The molecule has 0 amide bonds. The normalized spacial score (nSPS) is 17.4. The largest absolute Gasteiger partial charge is 0.259 e. The third-order valence-corrected chi connectivity index (χ3v) is 2.28. The van der Waals surface area contributed by atoms with Gasteiger partial charge in [-0.2, -0.15) is 12.6 Å². The van der Waals surface area contributed by atoms with Gasteiger partial charge in [0, 0.05) is 18.8 Å². The Bertz CT molecular complexity index is 85.7. The molecule has 1 N–H and O–H groups in total. The summed E-state index contributed by atoms with van der Waals surface area (Å²) in [6.07, 6.45) is 0. The van der Waals surface area contributed by atoms with Crippen molar-refractivity contribution in [2.45, 2.75) is 19.1 Å². The number of nitrogens with one attached hydrogen (secondary N) is 1. The van der Waals surface area contributed by atoms with Crippen molar-refractivity contribution in [1.29, 1.82) is 0 Å². The van der Waals surface area contributed by atoms with Crippen molar-refractivity contribution in [3.05, 3.63) is 0 Å². The predicted octanol–water partition coefficient (Wildman–Crippen LogP) is 1.01. The monoisotopic (exact) mass is 162 g/mol. The van der Waals surface area contributed by atoms with Gasteiger partial charge in [-0.15, -0.1) is 0 Å². The Balaban J connectivity index is 3.46.